The SMILES string of the molecule is CC12CCOC(=O)Cc3cccc(c3)Nc3ncc(F)c(n3)Cc3ccc(c(c3)CC1=O)O2. The zero-order valence-electron chi connectivity index (χ0n) is 18.1. The number of carbonyl (C=O) groups is 2. The molecule has 1 unspecified atom stereocenters. The molecule has 0 amide bonds. The minimum absolute atomic E-state index is 0.0713. The molecule has 7 nitrogen and oxygen atoms in total. The maximum atomic E-state index is 14.5. The second-order valence-corrected chi connectivity index (χ2v) is 8.51. The first-order valence-electron chi connectivity index (χ1n) is 10.8. The largest absolute Gasteiger partial charge is 0.479 e. The molecule has 33 heavy (non-hydrogen) atoms. The topological polar surface area (TPSA) is 90.4 Å². The van der Waals surface area contributed by atoms with E-state index in [9.17, 15) is 14.0 Å². The molecule has 8 bridgehead atoms. The van der Waals surface area contributed by atoms with Gasteiger partial charge in [-0.15, -0.1) is 0 Å². The van der Waals surface area contributed by atoms with Gasteiger partial charge in [-0.25, -0.2) is 14.4 Å². The summed E-state index contributed by atoms with van der Waals surface area (Å²) >= 11 is 0. The van der Waals surface area contributed by atoms with E-state index in [4.69, 9.17) is 9.47 Å². The van der Waals surface area contributed by atoms with Gasteiger partial charge in [0.2, 0.25) is 5.95 Å². The molecule has 0 aliphatic carbocycles. The molecule has 0 fully saturated rings. The van der Waals surface area contributed by atoms with E-state index in [0.29, 0.717) is 11.4 Å². The predicted molar refractivity (Wildman–Crippen MR) is 118 cm³/mol. The zero-order chi connectivity index (χ0) is 23.0. The Bertz CT molecular complexity index is 1260. The Morgan fingerprint density at radius 3 is 2.79 bits per heavy atom. The number of hydrogen-bond acceptors (Lipinski definition) is 7. The van der Waals surface area contributed by atoms with Gasteiger partial charge >= 0.3 is 5.97 Å². The molecule has 168 valence electrons. The summed E-state index contributed by atoms with van der Waals surface area (Å²) in [6.45, 7) is 1.79. The molecular formula is C25H22FN3O4. The molecular weight excluding hydrogens is 425 g/mol. The molecule has 1 N–H and O–H groups in total. The zero-order valence-corrected chi connectivity index (χ0v) is 18.1. The number of ketones is 1. The molecule has 7 rings (SSSR count). The van der Waals surface area contributed by atoms with Crippen LogP contribution in [-0.2, 0) is 33.6 Å². The second-order valence-electron chi connectivity index (χ2n) is 8.51. The Labute approximate surface area is 190 Å². The van der Waals surface area contributed by atoms with Crippen LogP contribution in [0.15, 0.2) is 48.7 Å². The Balaban J connectivity index is 1.53. The van der Waals surface area contributed by atoms with Crippen LogP contribution in [-0.4, -0.2) is 33.9 Å². The number of esters is 1. The summed E-state index contributed by atoms with van der Waals surface area (Å²) in [7, 11) is 0. The third kappa shape index (κ3) is 4.41. The highest BCUT2D eigenvalue weighted by Crippen LogP contribution is 2.34. The van der Waals surface area contributed by atoms with Gasteiger partial charge in [-0.05, 0) is 36.2 Å². The Morgan fingerprint density at radius 2 is 1.91 bits per heavy atom. The molecule has 2 aromatic carbocycles. The number of nitrogens with zero attached hydrogens (tertiary/aromatic N) is 2. The summed E-state index contributed by atoms with van der Waals surface area (Å²) < 4.78 is 25.9. The van der Waals surface area contributed by atoms with Crippen molar-refractivity contribution in [3.8, 4) is 5.75 Å². The molecule has 0 saturated heterocycles. The van der Waals surface area contributed by atoms with E-state index in [1.54, 1.807) is 25.1 Å². The number of hydrogen-bond donors (Lipinski definition) is 1. The molecule has 0 saturated carbocycles. The first-order chi connectivity index (χ1) is 15.9. The van der Waals surface area contributed by atoms with Crippen LogP contribution in [0, 0.1) is 5.82 Å². The van der Waals surface area contributed by atoms with Gasteiger partial charge in [0.15, 0.2) is 17.2 Å². The second kappa shape index (κ2) is 8.27. The highest BCUT2D eigenvalue weighted by Gasteiger charge is 2.39. The number of aromatic nitrogens is 2. The Hall–Kier alpha value is -3.81. The molecule has 1 atom stereocenters. The molecule has 5 heterocycles. The van der Waals surface area contributed by atoms with E-state index in [1.165, 1.54) is 0 Å². The minimum atomic E-state index is -1.07. The van der Waals surface area contributed by atoms with Crippen LogP contribution in [0.25, 0.3) is 0 Å². The average molecular weight is 447 g/mol. The summed E-state index contributed by atoms with van der Waals surface area (Å²) in [5.41, 5.74) is 2.13. The van der Waals surface area contributed by atoms with Crippen LogP contribution < -0.4 is 10.1 Å². The lowest BCUT2D eigenvalue weighted by atomic mass is 9.88. The summed E-state index contributed by atoms with van der Waals surface area (Å²) in [5, 5.41) is 3.07. The summed E-state index contributed by atoms with van der Waals surface area (Å²) in [5.74, 6) is -0.153. The number of Topliss-reactive ketones (excluding diaryl/α,β-unsaturated/α-hetero) is 1. The predicted octanol–water partition coefficient (Wildman–Crippen LogP) is 3.70. The average Bonchev–Trinajstić information content (AvgIpc) is 2.77. The van der Waals surface area contributed by atoms with Crippen molar-refractivity contribution < 1.29 is 23.5 Å². The van der Waals surface area contributed by atoms with E-state index in [-0.39, 0.29) is 49.7 Å². The molecule has 8 heteroatoms. The lowest BCUT2D eigenvalue weighted by Gasteiger charge is -2.34. The highest BCUT2D eigenvalue weighted by atomic mass is 19.1. The van der Waals surface area contributed by atoms with Gasteiger partial charge in [-0.3, -0.25) is 9.59 Å². The standard InChI is InChI=1S/C25H22FN3O4/c1-25-7-8-32-23(31)12-15-3-2-4-18(10-15)28-24-27-14-19(26)20(29-24)11-16-5-6-21(33-25)17(9-16)13-22(25)30/h2-6,9-10,14H,7-8,11-13H2,1H3,(H,27,28,29). The fourth-order valence-electron chi connectivity index (χ4n) is 4.08. The van der Waals surface area contributed by atoms with E-state index in [1.807, 2.05) is 24.3 Å². The third-order valence-electron chi connectivity index (χ3n) is 5.96. The summed E-state index contributed by atoms with van der Waals surface area (Å²) in [4.78, 5) is 33.6. The minimum Gasteiger partial charge on any atom is -0.479 e. The number of fused-ring (bicyclic) bond motifs is 2. The number of ether oxygens (including phenoxy) is 2. The van der Waals surface area contributed by atoms with Crippen LogP contribution >= 0.6 is 0 Å². The summed E-state index contributed by atoms with van der Waals surface area (Å²) in [6.07, 6.45) is 1.89. The fourth-order valence-corrected chi connectivity index (χ4v) is 4.08. The van der Waals surface area contributed by atoms with E-state index in [2.05, 4.69) is 15.3 Å². The van der Waals surface area contributed by atoms with Crippen molar-refractivity contribution in [1.29, 1.82) is 0 Å². The first kappa shape index (κ1) is 21.1. The van der Waals surface area contributed by atoms with Crippen LogP contribution in [0.1, 0.15) is 35.7 Å². The van der Waals surface area contributed by atoms with Crippen molar-refractivity contribution in [1.82, 2.24) is 9.97 Å². The van der Waals surface area contributed by atoms with Gasteiger partial charge < -0.3 is 14.8 Å². The van der Waals surface area contributed by atoms with Crippen LogP contribution in [0.5, 0.6) is 5.75 Å². The molecule has 0 spiro atoms. The quantitative estimate of drug-likeness (QED) is 0.526. The molecule has 4 aliphatic rings. The van der Waals surface area contributed by atoms with Crippen LogP contribution in [0.2, 0.25) is 0 Å². The van der Waals surface area contributed by atoms with Crippen LogP contribution in [0.4, 0.5) is 16.0 Å². The van der Waals surface area contributed by atoms with Crippen LogP contribution in [0.3, 0.4) is 0 Å². The number of nitrogens with one attached hydrogen (secondary N) is 1. The van der Waals surface area contributed by atoms with Crippen molar-refractivity contribution in [2.75, 3.05) is 11.9 Å². The van der Waals surface area contributed by atoms with Crippen molar-refractivity contribution in [2.24, 2.45) is 0 Å². The molecule has 1 aromatic heterocycles. The summed E-state index contributed by atoms with van der Waals surface area (Å²) in [6, 6.07) is 12.7. The van der Waals surface area contributed by atoms with Gasteiger partial charge in [-0.2, -0.15) is 0 Å². The van der Waals surface area contributed by atoms with Crippen molar-refractivity contribution in [3.63, 3.8) is 0 Å². The number of benzene rings is 2. The molecule has 4 aliphatic heterocycles. The van der Waals surface area contributed by atoms with E-state index in [0.717, 1.165) is 22.9 Å². The lowest BCUT2D eigenvalue weighted by molar-refractivity contribution is -0.147. The van der Waals surface area contributed by atoms with Gasteiger partial charge in [0, 0.05) is 30.5 Å². The van der Waals surface area contributed by atoms with E-state index < -0.39 is 17.4 Å². The first-order valence-corrected chi connectivity index (χ1v) is 10.8. The Kier molecular flexibility index (Phi) is 5.28. The van der Waals surface area contributed by atoms with Gasteiger partial charge in [0.1, 0.15) is 5.75 Å². The lowest BCUT2D eigenvalue weighted by Crippen LogP contribution is -2.46. The van der Waals surface area contributed by atoms with Gasteiger partial charge in [-0.1, -0.05) is 24.3 Å². The van der Waals surface area contributed by atoms with Gasteiger partial charge in [0.25, 0.3) is 0 Å². The number of anilines is 2. The maximum absolute atomic E-state index is 14.5. The maximum Gasteiger partial charge on any atom is 0.310 e. The number of halogens is 1. The van der Waals surface area contributed by atoms with Crippen molar-refractivity contribution in [2.45, 2.75) is 38.2 Å². The molecule has 0 radical (unpaired) electrons. The number of carbonyl (C=O) groups excluding carboxylic acids is 2. The van der Waals surface area contributed by atoms with Crippen molar-refractivity contribution in [3.05, 3.63) is 76.9 Å². The number of rotatable bonds is 0. The van der Waals surface area contributed by atoms with Crippen molar-refractivity contribution >= 4 is 23.4 Å². The third-order valence-corrected chi connectivity index (χ3v) is 5.96. The smallest absolute Gasteiger partial charge is 0.310 e. The normalized spacial score (nSPS) is 20.2. The molecule has 3 aromatic rings. The Morgan fingerprint density at radius 1 is 1.06 bits per heavy atom. The van der Waals surface area contributed by atoms with E-state index >= 15 is 0 Å². The highest BCUT2D eigenvalue weighted by molar-refractivity contribution is 5.91. The van der Waals surface area contributed by atoms with Gasteiger partial charge in [0.05, 0.1) is 24.9 Å². The fraction of sp³-hybridized carbons (Fsp3) is 0.280. The monoisotopic (exact) mass is 447 g/mol.